The molecule has 1 aliphatic carbocycles. The molecule has 1 aliphatic rings. The summed E-state index contributed by atoms with van der Waals surface area (Å²) in [5.74, 6) is -1.67. The normalized spacial score (nSPS) is 16.3. The Kier molecular flexibility index (Phi) is 11.5. The summed E-state index contributed by atoms with van der Waals surface area (Å²) in [5, 5.41) is 33.2. The Hall–Kier alpha value is -5.66. The fraction of sp³-hybridized carbons (Fsp3) is 0.361. The van der Waals surface area contributed by atoms with Gasteiger partial charge in [-0.05, 0) is 110 Å². The van der Waals surface area contributed by atoms with E-state index in [1.54, 1.807) is 6.07 Å². The number of tetrazole rings is 1. The molecule has 1 heterocycles. The Labute approximate surface area is 288 Å². The summed E-state index contributed by atoms with van der Waals surface area (Å²) in [4.78, 5) is 50.5. The van der Waals surface area contributed by atoms with E-state index in [0.29, 0.717) is 37.8 Å². The van der Waals surface area contributed by atoms with Gasteiger partial charge in [-0.1, -0.05) is 30.3 Å². The Morgan fingerprint density at radius 2 is 1.66 bits per heavy atom. The summed E-state index contributed by atoms with van der Waals surface area (Å²) in [6.07, 6.45) is 1.61. The van der Waals surface area contributed by atoms with E-state index < -0.39 is 23.9 Å². The third-order valence-electron chi connectivity index (χ3n) is 8.83. The number of rotatable bonds is 12. The predicted molar refractivity (Wildman–Crippen MR) is 185 cm³/mol. The van der Waals surface area contributed by atoms with Crippen molar-refractivity contribution in [1.82, 2.24) is 36.6 Å². The molecular weight excluding hydrogens is 643 g/mol. The van der Waals surface area contributed by atoms with Crippen LogP contribution < -0.4 is 21.3 Å². The minimum Gasteiger partial charge on any atom is -0.465 e. The van der Waals surface area contributed by atoms with Crippen molar-refractivity contribution in [2.45, 2.75) is 65.0 Å². The fourth-order valence-electron chi connectivity index (χ4n) is 6.17. The Balaban J connectivity index is 1.30. The van der Waals surface area contributed by atoms with Gasteiger partial charge < -0.3 is 26.4 Å². The van der Waals surface area contributed by atoms with Crippen LogP contribution in [0.25, 0.3) is 22.5 Å². The van der Waals surface area contributed by atoms with Crippen LogP contribution in [-0.4, -0.2) is 68.2 Å². The summed E-state index contributed by atoms with van der Waals surface area (Å²) in [6, 6.07) is 16.4. The van der Waals surface area contributed by atoms with Crippen molar-refractivity contribution in [1.29, 1.82) is 0 Å². The molecule has 13 nitrogen and oxygen atoms in total. The van der Waals surface area contributed by atoms with Gasteiger partial charge in [-0.3, -0.25) is 14.4 Å². The molecule has 0 radical (unpaired) electrons. The molecule has 0 unspecified atom stereocenters. The SMILES string of the molecule is Cc1cc(C(=O)NC(C)C)ccc1-c1ccc(C[C@H](NC(=O)C2CCC(CNC(=O)O)CC2)C(=O)Nc2ccc(-c3nn[nH]n3)c(F)c2)cc1. The first-order valence-corrected chi connectivity index (χ1v) is 16.6. The van der Waals surface area contributed by atoms with Gasteiger partial charge in [0.2, 0.25) is 17.6 Å². The van der Waals surface area contributed by atoms with E-state index in [9.17, 15) is 23.6 Å². The van der Waals surface area contributed by atoms with Gasteiger partial charge in [0, 0.05) is 36.2 Å². The lowest BCUT2D eigenvalue weighted by Crippen LogP contribution is -2.48. The molecule has 5 rings (SSSR count). The summed E-state index contributed by atoms with van der Waals surface area (Å²) >= 11 is 0. The number of carbonyl (C=O) groups is 4. The molecule has 3 aromatic carbocycles. The molecular formula is C36H41FN8O5. The van der Waals surface area contributed by atoms with Gasteiger partial charge in [-0.2, -0.15) is 5.21 Å². The largest absolute Gasteiger partial charge is 0.465 e. The third kappa shape index (κ3) is 9.27. The van der Waals surface area contributed by atoms with Gasteiger partial charge in [0.25, 0.3) is 5.91 Å². The number of aromatic amines is 1. The van der Waals surface area contributed by atoms with E-state index in [2.05, 4.69) is 41.9 Å². The highest BCUT2D eigenvalue weighted by Gasteiger charge is 2.30. The average molecular weight is 685 g/mol. The minimum atomic E-state index is -1.07. The quantitative estimate of drug-likeness (QED) is 0.122. The number of anilines is 1. The summed E-state index contributed by atoms with van der Waals surface area (Å²) in [5.41, 5.74) is 4.50. The second-order valence-corrected chi connectivity index (χ2v) is 12.9. The number of halogens is 1. The molecule has 0 bridgehead atoms. The summed E-state index contributed by atoms with van der Waals surface area (Å²) in [6.45, 7) is 6.10. The van der Waals surface area contributed by atoms with Crippen molar-refractivity contribution in [2.75, 3.05) is 11.9 Å². The van der Waals surface area contributed by atoms with E-state index >= 15 is 0 Å². The Bertz CT molecular complexity index is 1820. The van der Waals surface area contributed by atoms with Crippen LogP contribution in [0, 0.1) is 24.6 Å². The molecule has 4 amide bonds. The monoisotopic (exact) mass is 684 g/mol. The first-order chi connectivity index (χ1) is 24.0. The maximum absolute atomic E-state index is 14.9. The maximum atomic E-state index is 14.9. The van der Waals surface area contributed by atoms with Gasteiger partial charge in [0.15, 0.2) is 0 Å². The van der Waals surface area contributed by atoms with Crippen LogP contribution in [-0.2, 0) is 16.0 Å². The van der Waals surface area contributed by atoms with Gasteiger partial charge in [0.05, 0.1) is 5.56 Å². The molecule has 262 valence electrons. The number of benzene rings is 3. The number of aromatic nitrogens is 4. The number of nitrogens with one attached hydrogen (secondary N) is 5. The molecule has 1 fully saturated rings. The second-order valence-electron chi connectivity index (χ2n) is 12.9. The van der Waals surface area contributed by atoms with Crippen LogP contribution in [0.3, 0.4) is 0 Å². The zero-order valence-electron chi connectivity index (χ0n) is 28.1. The van der Waals surface area contributed by atoms with Crippen molar-refractivity contribution in [3.63, 3.8) is 0 Å². The van der Waals surface area contributed by atoms with Crippen LogP contribution in [0.1, 0.15) is 61.0 Å². The number of aryl methyl sites for hydroxylation is 1. The molecule has 1 saturated carbocycles. The number of hydrogen-bond donors (Lipinski definition) is 6. The van der Waals surface area contributed by atoms with Crippen molar-refractivity contribution in [2.24, 2.45) is 11.8 Å². The first-order valence-electron chi connectivity index (χ1n) is 16.6. The second kappa shape index (κ2) is 16.2. The van der Waals surface area contributed by atoms with Crippen molar-refractivity contribution in [3.05, 3.63) is 83.2 Å². The number of nitrogens with zero attached hydrogens (tertiary/aromatic N) is 3. The number of carboxylic acid groups (broad SMARTS) is 1. The maximum Gasteiger partial charge on any atom is 0.404 e. The molecule has 0 aliphatic heterocycles. The van der Waals surface area contributed by atoms with Crippen LogP contribution in [0.4, 0.5) is 14.9 Å². The lowest BCUT2D eigenvalue weighted by molar-refractivity contribution is -0.130. The zero-order chi connectivity index (χ0) is 35.8. The van der Waals surface area contributed by atoms with Crippen LogP contribution >= 0.6 is 0 Å². The number of hydrogen-bond acceptors (Lipinski definition) is 7. The van der Waals surface area contributed by atoms with E-state index in [1.807, 2.05) is 57.2 Å². The zero-order valence-corrected chi connectivity index (χ0v) is 28.1. The first kappa shape index (κ1) is 35.6. The summed E-state index contributed by atoms with van der Waals surface area (Å²) < 4.78 is 14.9. The third-order valence-corrected chi connectivity index (χ3v) is 8.83. The molecule has 50 heavy (non-hydrogen) atoms. The molecule has 0 saturated heterocycles. The topological polar surface area (TPSA) is 191 Å². The lowest BCUT2D eigenvalue weighted by Gasteiger charge is -2.29. The molecule has 6 N–H and O–H groups in total. The molecule has 0 spiro atoms. The van der Waals surface area contributed by atoms with Gasteiger partial charge >= 0.3 is 6.09 Å². The Morgan fingerprint density at radius 3 is 2.28 bits per heavy atom. The van der Waals surface area contributed by atoms with Crippen LogP contribution in [0.2, 0.25) is 0 Å². The summed E-state index contributed by atoms with van der Waals surface area (Å²) in [7, 11) is 0. The molecule has 4 aromatic rings. The van der Waals surface area contributed by atoms with Crippen LogP contribution in [0.15, 0.2) is 60.7 Å². The van der Waals surface area contributed by atoms with E-state index in [0.717, 1.165) is 28.3 Å². The standard InChI is InChI=1S/C36H41FN8O5/c1-20(2)39-34(47)26-12-14-28(21(3)16-26)24-8-4-22(5-9-24)17-31(41-33(46)25-10-6-23(7-11-25)19-38-36(49)50)35(48)40-27-13-15-29(30(37)18-27)32-42-44-45-43-32/h4-5,8-9,12-16,18,20,23,25,31,38H,6-7,10-11,17,19H2,1-3H3,(H,39,47)(H,40,48)(H,41,46)(H,49,50)(H,42,43,44,45)/t23?,25?,31-/m0/s1. The van der Waals surface area contributed by atoms with Crippen molar-refractivity contribution >= 4 is 29.5 Å². The van der Waals surface area contributed by atoms with Crippen molar-refractivity contribution in [3.8, 4) is 22.5 Å². The Morgan fingerprint density at radius 1 is 0.940 bits per heavy atom. The molecule has 1 aromatic heterocycles. The van der Waals surface area contributed by atoms with Gasteiger partial charge in [0.1, 0.15) is 11.9 Å². The number of H-pyrrole nitrogens is 1. The van der Waals surface area contributed by atoms with E-state index in [1.165, 1.54) is 12.1 Å². The molecule has 1 atom stereocenters. The predicted octanol–water partition coefficient (Wildman–Crippen LogP) is 4.86. The number of carbonyl (C=O) groups excluding carboxylic acids is 3. The highest BCUT2D eigenvalue weighted by atomic mass is 19.1. The smallest absolute Gasteiger partial charge is 0.404 e. The van der Waals surface area contributed by atoms with Gasteiger partial charge in [-0.25, -0.2) is 9.18 Å². The average Bonchev–Trinajstić information content (AvgIpc) is 3.62. The highest BCUT2D eigenvalue weighted by molar-refractivity contribution is 5.98. The van der Waals surface area contributed by atoms with E-state index in [-0.39, 0.29) is 53.2 Å². The highest BCUT2D eigenvalue weighted by Crippen LogP contribution is 2.29. The minimum absolute atomic E-state index is 0.0261. The fourth-order valence-corrected chi connectivity index (χ4v) is 6.17. The lowest BCUT2D eigenvalue weighted by atomic mass is 9.81. The van der Waals surface area contributed by atoms with Crippen LogP contribution in [0.5, 0.6) is 0 Å². The number of amides is 4. The van der Waals surface area contributed by atoms with Gasteiger partial charge in [-0.15, -0.1) is 10.2 Å². The van der Waals surface area contributed by atoms with E-state index in [4.69, 9.17) is 5.11 Å². The molecule has 14 heteroatoms. The van der Waals surface area contributed by atoms with Crippen molar-refractivity contribution < 1.29 is 28.7 Å².